The SMILES string of the molecule is C=C(C)C(=O)OCC1COC(c2ccc(C=CC3=CCN(CCCC)C=C3)cc2)O1.CS(=O)(=O)O. The summed E-state index contributed by atoms with van der Waals surface area (Å²) in [7, 11) is -3.67. The standard InChI is InChI=1S/C25H31NO4.CH4O3S/c1-4-5-14-26-15-12-21(13-16-26)7-6-20-8-10-22(11-9-20)25-29-18-23(30-25)17-28-24(27)19(2)3;1-5(2,3)4/h6-13,15,23,25H,2,4-5,14,16-18H2,1,3H3;1H3,(H,2,3,4). The van der Waals surface area contributed by atoms with E-state index in [0.29, 0.717) is 18.4 Å². The zero-order valence-corrected chi connectivity index (χ0v) is 21.4. The van der Waals surface area contributed by atoms with Gasteiger partial charge in [0.25, 0.3) is 10.1 Å². The van der Waals surface area contributed by atoms with E-state index in [2.05, 4.69) is 48.9 Å². The molecule has 2 aliphatic heterocycles. The average Bonchev–Trinajstić information content (AvgIpc) is 3.29. The molecule has 0 radical (unpaired) electrons. The summed E-state index contributed by atoms with van der Waals surface area (Å²) in [6.45, 7) is 10.1. The number of carbonyl (C=O) groups excluding carboxylic acids is 1. The van der Waals surface area contributed by atoms with Crippen molar-refractivity contribution in [2.75, 3.05) is 32.6 Å². The highest BCUT2D eigenvalue weighted by Gasteiger charge is 2.28. The third-order valence-electron chi connectivity index (χ3n) is 5.01. The molecule has 192 valence electrons. The van der Waals surface area contributed by atoms with Crippen LogP contribution in [0.15, 0.2) is 66.4 Å². The van der Waals surface area contributed by atoms with Gasteiger partial charge in [0.1, 0.15) is 12.7 Å². The molecule has 9 heteroatoms. The number of unbranched alkanes of at least 4 members (excludes halogenated alkanes) is 1. The Bertz CT molecular complexity index is 1030. The van der Waals surface area contributed by atoms with Crippen LogP contribution in [0.4, 0.5) is 0 Å². The van der Waals surface area contributed by atoms with Gasteiger partial charge in [-0.3, -0.25) is 4.55 Å². The maximum atomic E-state index is 11.5. The van der Waals surface area contributed by atoms with Crippen molar-refractivity contribution < 1.29 is 32.0 Å². The molecule has 8 nitrogen and oxygen atoms in total. The summed E-state index contributed by atoms with van der Waals surface area (Å²) in [6.07, 6.45) is 13.3. The maximum absolute atomic E-state index is 11.5. The number of carbonyl (C=O) groups is 1. The van der Waals surface area contributed by atoms with Gasteiger partial charge in [-0.2, -0.15) is 8.42 Å². The van der Waals surface area contributed by atoms with Crippen molar-refractivity contribution in [3.63, 3.8) is 0 Å². The fourth-order valence-electron chi connectivity index (χ4n) is 3.15. The van der Waals surface area contributed by atoms with Crippen LogP contribution >= 0.6 is 0 Å². The van der Waals surface area contributed by atoms with Gasteiger partial charge in [0.15, 0.2) is 6.29 Å². The number of rotatable bonds is 9. The van der Waals surface area contributed by atoms with E-state index in [1.54, 1.807) is 6.92 Å². The van der Waals surface area contributed by atoms with E-state index in [-0.39, 0.29) is 12.7 Å². The molecule has 0 aliphatic carbocycles. The number of esters is 1. The van der Waals surface area contributed by atoms with E-state index in [9.17, 15) is 13.2 Å². The average molecular weight is 506 g/mol. The predicted molar refractivity (Wildman–Crippen MR) is 136 cm³/mol. The van der Waals surface area contributed by atoms with E-state index >= 15 is 0 Å². The van der Waals surface area contributed by atoms with Gasteiger partial charge in [0.2, 0.25) is 0 Å². The molecule has 0 spiro atoms. The van der Waals surface area contributed by atoms with Crippen molar-refractivity contribution in [1.82, 2.24) is 4.90 Å². The van der Waals surface area contributed by atoms with Crippen LogP contribution in [0.1, 0.15) is 44.1 Å². The van der Waals surface area contributed by atoms with E-state index in [1.165, 1.54) is 18.4 Å². The highest BCUT2D eigenvalue weighted by Crippen LogP contribution is 2.27. The van der Waals surface area contributed by atoms with Crippen LogP contribution < -0.4 is 0 Å². The molecule has 1 fully saturated rings. The van der Waals surface area contributed by atoms with Gasteiger partial charge < -0.3 is 19.1 Å². The van der Waals surface area contributed by atoms with E-state index < -0.39 is 22.4 Å². The zero-order valence-electron chi connectivity index (χ0n) is 20.6. The van der Waals surface area contributed by atoms with E-state index in [0.717, 1.165) is 24.2 Å². The lowest BCUT2D eigenvalue weighted by Gasteiger charge is -2.21. The van der Waals surface area contributed by atoms with Gasteiger partial charge >= 0.3 is 5.97 Å². The molecule has 0 amide bonds. The first-order valence-electron chi connectivity index (χ1n) is 11.5. The Morgan fingerprint density at radius 2 is 1.97 bits per heavy atom. The Morgan fingerprint density at radius 3 is 2.54 bits per heavy atom. The van der Waals surface area contributed by atoms with E-state index in [1.807, 2.05) is 24.3 Å². The van der Waals surface area contributed by atoms with Gasteiger partial charge in [-0.25, -0.2) is 4.79 Å². The number of nitrogens with zero attached hydrogens (tertiary/aromatic N) is 1. The highest BCUT2D eigenvalue weighted by atomic mass is 32.2. The minimum atomic E-state index is -3.67. The molecule has 2 heterocycles. The molecule has 0 aromatic heterocycles. The molecule has 0 saturated carbocycles. The van der Waals surface area contributed by atoms with Gasteiger partial charge in [0.05, 0.1) is 12.9 Å². The first kappa shape index (κ1) is 28.5. The molecule has 35 heavy (non-hydrogen) atoms. The molecule has 2 aliphatic rings. The highest BCUT2D eigenvalue weighted by molar-refractivity contribution is 7.85. The van der Waals surface area contributed by atoms with Crippen LogP contribution in [0.2, 0.25) is 0 Å². The summed E-state index contributed by atoms with van der Waals surface area (Å²) < 4.78 is 42.5. The van der Waals surface area contributed by atoms with Crippen molar-refractivity contribution in [2.45, 2.75) is 39.1 Å². The molecule has 1 N–H and O–H groups in total. The number of hydrogen-bond acceptors (Lipinski definition) is 7. The molecule has 2 unspecified atom stereocenters. The lowest BCUT2D eigenvalue weighted by molar-refractivity contribution is -0.143. The summed E-state index contributed by atoms with van der Waals surface area (Å²) in [5, 5.41) is 0. The molecule has 0 bridgehead atoms. The van der Waals surface area contributed by atoms with Gasteiger partial charge in [-0.15, -0.1) is 0 Å². The number of hydrogen-bond donors (Lipinski definition) is 1. The van der Waals surface area contributed by atoms with Gasteiger partial charge in [0, 0.05) is 24.2 Å². The second-order valence-electron chi connectivity index (χ2n) is 8.40. The minimum absolute atomic E-state index is 0.168. The second-order valence-corrected chi connectivity index (χ2v) is 9.87. The van der Waals surface area contributed by atoms with Crippen LogP contribution in [0.25, 0.3) is 6.08 Å². The topological polar surface area (TPSA) is 102 Å². The molecule has 3 rings (SSSR count). The maximum Gasteiger partial charge on any atom is 0.333 e. The van der Waals surface area contributed by atoms with E-state index in [4.69, 9.17) is 18.8 Å². The fourth-order valence-corrected chi connectivity index (χ4v) is 3.15. The lowest BCUT2D eigenvalue weighted by Crippen LogP contribution is -2.20. The van der Waals surface area contributed by atoms with Gasteiger partial charge in [-0.1, -0.05) is 62.4 Å². The van der Waals surface area contributed by atoms with Crippen molar-refractivity contribution in [3.05, 3.63) is 77.5 Å². The number of benzene rings is 1. The third kappa shape index (κ3) is 11.5. The van der Waals surface area contributed by atoms with Gasteiger partial charge in [-0.05, 0) is 36.8 Å². The number of ether oxygens (including phenoxy) is 3. The van der Waals surface area contributed by atoms with Crippen molar-refractivity contribution in [3.8, 4) is 0 Å². The predicted octanol–water partition coefficient (Wildman–Crippen LogP) is 4.29. The Labute approximate surface area is 208 Å². The zero-order chi connectivity index (χ0) is 25.8. The quantitative estimate of drug-likeness (QED) is 0.301. The monoisotopic (exact) mass is 505 g/mol. The first-order valence-corrected chi connectivity index (χ1v) is 13.3. The third-order valence-corrected chi connectivity index (χ3v) is 5.01. The number of allylic oxidation sites excluding steroid dienone is 3. The summed E-state index contributed by atoms with van der Waals surface area (Å²) in [5.41, 5.74) is 3.67. The van der Waals surface area contributed by atoms with Crippen molar-refractivity contribution >= 4 is 22.2 Å². The summed E-state index contributed by atoms with van der Waals surface area (Å²) in [4.78, 5) is 13.8. The normalized spacial score (nSPS) is 19.8. The summed E-state index contributed by atoms with van der Waals surface area (Å²) >= 11 is 0. The second kappa shape index (κ2) is 14.0. The smallest absolute Gasteiger partial charge is 0.333 e. The molecule has 1 aromatic rings. The van der Waals surface area contributed by atoms with Crippen molar-refractivity contribution in [1.29, 1.82) is 0 Å². The molecule has 2 atom stereocenters. The van der Waals surface area contributed by atoms with Crippen LogP contribution in [0, 0.1) is 0 Å². The van der Waals surface area contributed by atoms with Crippen molar-refractivity contribution in [2.24, 2.45) is 0 Å². The van der Waals surface area contributed by atoms with Crippen LogP contribution in [0.5, 0.6) is 0 Å². The summed E-state index contributed by atoms with van der Waals surface area (Å²) in [6, 6.07) is 8.11. The molecule has 1 saturated heterocycles. The van der Waals surface area contributed by atoms with Crippen LogP contribution in [0.3, 0.4) is 0 Å². The lowest BCUT2D eigenvalue weighted by atomic mass is 10.1. The largest absolute Gasteiger partial charge is 0.459 e. The van der Waals surface area contributed by atoms with Crippen LogP contribution in [-0.4, -0.2) is 62.5 Å². The molecular formula is C26H35NO7S. The Kier molecular flexibility index (Phi) is 11.4. The Balaban J connectivity index is 0.000000784. The summed E-state index contributed by atoms with van der Waals surface area (Å²) in [5.74, 6) is -0.408. The fraction of sp³-hybridized carbons (Fsp3) is 0.423. The molecular weight excluding hydrogens is 470 g/mol. The minimum Gasteiger partial charge on any atom is -0.459 e. The molecule has 1 aromatic carbocycles. The van der Waals surface area contributed by atoms with Crippen LogP contribution in [-0.2, 0) is 29.1 Å². The first-order chi connectivity index (χ1) is 16.5. The Morgan fingerprint density at radius 1 is 1.29 bits per heavy atom. The Hall–Kier alpha value is -2.72.